The second-order valence-corrected chi connectivity index (χ2v) is 5.29. The number of pyridine rings is 1. The molecule has 0 aliphatic heterocycles. The van der Waals surface area contributed by atoms with Crippen molar-refractivity contribution in [3.8, 4) is 10.6 Å². The molecule has 6 nitrogen and oxygen atoms in total. The Morgan fingerprint density at radius 1 is 1.29 bits per heavy atom. The standard InChI is InChI=1S/C14H18N4O2S/c1-20-9-8-16-6-7-17-13(19)12-10-18-14(21-12)11-2-4-15-5-3-11/h2-5,10,16H,6-9H2,1H3,(H,17,19). The van der Waals surface area contributed by atoms with Gasteiger partial charge in [0.05, 0.1) is 12.8 Å². The van der Waals surface area contributed by atoms with Crippen LogP contribution in [0.3, 0.4) is 0 Å². The Hall–Kier alpha value is -1.83. The first-order valence-electron chi connectivity index (χ1n) is 6.65. The van der Waals surface area contributed by atoms with E-state index in [4.69, 9.17) is 4.74 Å². The summed E-state index contributed by atoms with van der Waals surface area (Å²) in [6, 6.07) is 3.75. The van der Waals surface area contributed by atoms with Gasteiger partial charge in [0.1, 0.15) is 9.88 Å². The van der Waals surface area contributed by atoms with Crippen molar-refractivity contribution in [1.82, 2.24) is 20.6 Å². The molecule has 0 aliphatic rings. The Labute approximate surface area is 127 Å². The summed E-state index contributed by atoms with van der Waals surface area (Å²) in [6.07, 6.45) is 5.03. The van der Waals surface area contributed by atoms with E-state index < -0.39 is 0 Å². The second kappa shape index (κ2) is 8.46. The van der Waals surface area contributed by atoms with Crippen LogP contribution in [0.5, 0.6) is 0 Å². The third-order valence-electron chi connectivity index (χ3n) is 2.73. The van der Waals surface area contributed by atoms with Gasteiger partial charge in [-0.25, -0.2) is 4.98 Å². The highest BCUT2D eigenvalue weighted by Crippen LogP contribution is 2.24. The molecular weight excluding hydrogens is 288 g/mol. The van der Waals surface area contributed by atoms with E-state index in [0.29, 0.717) is 24.6 Å². The van der Waals surface area contributed by atoms with Gasteiger partial charge in [-0.15, -0.1) is 11.3 Å². The van der Waals surface area contributed by atoms with Crippen LogP contribution in [0.1, 0.15) is 9.67 Å². The molecule has 0 unspecified atom stereocenters. The number of carbonyl (C=O) groups excluding carboxylic acids is 1. The third kappa shape index (κ3) is 4.89. The molecule has 2 aromatic rings. The third-order valence-corrected chi connectivity index (χ3v) is 3.77. The lowest BCUT2D eigenvalue weighted by Gasteiger charge is -2.05. The van der Waals surface area contributed by atoms with Crippen molar-refractivity contribution in [2.45, 2.75) is 0 Å². The molecule has 0 bridgehead atoms. The lowest BCUT2D eigenvalue weighted by Crippen LogP contribution is -2.32. The van der Waals surface area contributed by atoms with Crippen molar-refractivity contribution >= 4 is 17.2 Å². The topological polar surface area (TPSA) is 76.1 Å². The molecule has 112 valence electrons. The van der Waals surface area contributed by atoms with E-state index in [1.807, 2.05) is 12.1 Å². The van der Waals surface area contributed by atoms with E-state index in [0.717, 1.165) is 17.1 Å². The fraction of sp³-hybridized carbons (Fsp3) is 0.357. The maximum absolute atomic E-state index is 12.0. The van der Waals surface area contributed by atoms with Gasteiger partial charge in [-0.1, -0.05) is 0 Å². The SMILES string of the molecule is COCCNCCNC(=O)c1cnc(-c2ccncc2)s1. The Balaban J connectivity index is 1.80. The van der Waals surface area contributed by atoms with E-state index in [2.05, 4.69) is 20.6 Å². The molecule has 0 saturated carbocycles. The van der Waals surface area contributed by atoms with Crippen LogP contribution in [0.4, 0.5) is 0 Å². The number of methoxy groups -OCH3 is 1. The highest BCUT2D eigenvalue weighted by Gasteiger charge is 2.10. The molecule has 1 amide bonds. The van der Waals surface area contributed by atoms with Crippen LogP contribution in [-0.2, 0) is 4.74 Å². The summed E-state index contributed by atoms with van der Waals surface area (Å²) in [5, 5.41) is 6.84. The zero-order chi connectivity index (χ0) is 14.9. The molecular formula is C14H18N4O2S. The van der Waals surface area contributed by atoms with Crippen LogP contribution >= 0.6 is 11.3 Å². The number of nitrogens with zero attached hydrogens (tertiary/aromatic N) is 2. The Morgan fingerprint density at radius 3 is 2.86 bits per heavy atom. The predicted octanol–water partition coefficient (Wildman–Crippen LogP) is 1.17. The van der Waals surface area contributed by atoms with Crippen LogP contribution in [0.15, 0.2) is 30.7 Å². The van der Waals surface area contributed by atoms with Crippen molar-refractivity contribution < 1.29 is 9.53 Å². The molecule has 0 saturated heterocycles. The minimum absolute atomic E-state index is 0.0960. The average Bonchev–Trinajstić information content (AvgIpc) is 3.01. The first-order chi connectivity index (χ1) is 10.3. The number of amides is 1. The number of nitrogens with one attached hydrogen (secondary N) is 2. The van der Waals surface area contributed by atoms with Gasteiger partial charge in [0, 0.05) is 44.7 Å². The van der Waals surface area contributed by atoms with Crippen molar-refractivity contribution in [2.75, 3.05) is 33.4 Å². The van der Waals surface area contributed by atoms with Crippen molar-refractivity contribution in [1.29, 1.82) is 0 Å². The summed E-state index contributed by atoms with van der Waals surface area (Å²) in [7, 11) is 1.66. The van der Waals surface area contributed by atoms with E-state index in [-0.39, 0.29) is 5.91 Å². The Morgan fingerprint density at radius 2 is 2.10 bits per heavy atom. The van der Waals surface area contributed by atoms with Crippen LogP contribution in [0.2, 0.25) is 0 Å². The van der Waals surface area contributed by atoms with Crippen LogP contribution < -0.4 is 10.6 Å². The summed E-state index contributed by atoms with van der Waals surface area (Å²) < 4.78 is 4.92. The molecule has 0 aliphatic carbocycles. The van der Waals surface area contributed by atoms with Crippen molar-refractivity contribution in [3.05, 3.63) is 35.6 Å². The summed E-state index contributed by atoms with van der Waals surface area (Å²) in [5.74, 6) is -0.0960. The number of hydrogen-bond acceptors (Lipinski definition) is 6. The molecule has 0 aromatic carbocycles. The molecule has 0 atom stereocenters. The number of thiazole rings is 1. The van der Waals surface area contributed by atoms with Crippen LogP contribution in [-0.4, -0.2) is 49.2 Å². The lowest BCUT2D eigenvalue weighted by atomic mass is 10.3. The van der Waals surface area contributed by atoms with Gasteiger partial charge in [-0.05, 0) is 12.1 Å². The van der Waals surface area contributed by atoms with Crippen LogP contribution in [0, 0.1) is 0 Å². The first kappa shape index (κ1) is 15.6. The number of aromatic nitrogens is 2. The van der Waals surface area contributed by atoms with E-state index >= 15 is 0 Å². The van der Waals surface area contributed by atoms with Crippen molar-refractivity contribution in [3.63, 3.8) is 0 Å². The predicted molar refractivity (Wildman–Crippen MR) is 82.4 cm³/mol. The average molecular weight is 306 g/mol. The molecule has 0 radical (unpaired) electrons. The minimum Gasteiger partial charge on any atom is -0.383 e. The zero-order valence-electron chi connectivity index (χ0n) is 11.8. The van der Waals surface area contributed by atoms with Gasteiger partial charge in [0.15, 0.2) is 0 Å². The summed E-state index contributed by atoms with van der Waals surface area (Å²) in [6.45, 7) is 2.73. The number of hydrogen-bond donors (Lipinski definition) is 2. The molecule has 2 rings (SSSR count). The van der Waals surface area contributed by atoms with Gasteiger partial charge < -0.3 is 15.4 Å². The summed E-state index contributed by atoms with van der Waals surface area (Å²) >= 11 is 1.37. The van der Waals surface area contributed by atoms with Gasteiger partial charge in [0.25, 0.3) is 5.91 Å². The molecule has 2 N–H and O–H groups in total. The molecule has 0 spiro atoms. The highest BCUT2D eigenvalue weighted by molar-refractivity contribution is 7.16. The monoisotopic (exact) mass is 306 g/mol. The number of ether oxygens (including phenoxy) is 1. The number of carbonyl (C=O) groups is 1. The van der Waals surface area contributed by atoms with Gasteiger partial charge >= 0.3 is 0 Å². The number of rotatable bonds is 8. The molecule has 7 heteroatoms. The van der Waals surface area contributed by atoms with Crippen molar-refractivity contribution in [2.24, 2.45) is 0 Å². The Bertz CT molecular complexity index is 559. The lowest BCUT2D eigenvalue weighted by molar-refractivity contribution is 0.0957. The normalized spacial score (nSPS) is 10.5. The molecule has 2 aromatic heterocycles. The van der Waals surface area contributed by atoms with E-state index in [1.165, 1.54) is 11.3 Å². The maximum Gasteiger partial charge on any atom is 0.263 e. The van der Waals surface area contributed by atoms with Gasteiger partial charge in [-0.2, -0.15) is 0 Å². The van der Waals surface area contributed by atoms with Crippen LogP contribution in [0.25, 0.3) is 10.6 Å². The fourth-order valence-electron chi connectivity index (χ4n) is 1.66. The minimum atomic E-state index is -0.0960. The molecule has 21 heavy (non-hydrogen) atoms. The maximum atomic E-state index is 12.0. The van der Waals surface area contributed by atoms with E-state index in [9.17, 15) is 4.79 Å². The smallest absolute Gasteiger partial charge is 0.263 e. The highest BCUT2D eigenvalue weighted by atomic mass is 32.1. The molecule has 0 fully saturated rings. The molecule has 2 heterocycles. The zero-order valence-corrected chi connectivity index (χ0v) is 12.7. The second-order valence-electron chi connectivity index (χ2n) is 4.26. The summed E-state index contributed by atoms with van der Waals surface area (Å²) in [4.78, 5) is 20.8. The van der Waals surface area contributed by atoms with Gasteiger partial charge in [0.2, 0.25) is 0 Å². The largest absolute Gasteiger partial charge is 0.383 e. The Kier molecular flexibility index (Phi) is 6.26. The first-order valence-corrected chi connectivity index (χ1v) is 7.47. The summed E-state index contributed by atoms with van der Waals surface area (Å²) in [5.41, 5.74) is 0.968. The fourth-order valence-corrected chi connectivity index (χ4v) is 2.50. The quantitative estimate of drug-likeness (QED) is 0.716. The van der Waals surface area contributed by atoms with E-state index in [1.54, 1.807) is 25.7 Å². The van der Waals surface area contributed by atoms with Gasteiger partial charge in [-0.3, -0.25) is 9.78 Å².